The molecule has 1 aromatic carbocycles. The Labute approximate surface area is 184 Å². The molecule has 0 atom stereocenters. The monoisotopic (exact) mass is 459 g/mol. The number of benzene rings is 1. The van der Waals surface area contributed by atoms with Crippen LogP contribution in [0, 0.1) is 12.7 Å². The molecule has 0 aliphatic carbocycles. The van der Waals surface area contributed by atoms with Crippen LogP contribution >= 0.6 is 0 Å². The van der Waals surface area contributed by atoms with E-state index in [1.165, 1.54) is 16.4 Å². The molecule has 0 radical (unpaired) electrons. The number of hydrogen-bond acceptors (Lipinski definition) is 6. The molecule has 4 heterocycles. The molecule has 2 aliphatic rings. The van der Waals surface area contributed by atoms with E-state index in [4.69, 9.17) is 4.52 Å². The van der Waals surface area contributed by atoms with Gasteiger partial charge in [-0.3, -0.25) is 9.69 Å². The number of hydrogen-bond donors (Lipinski definition) is 0. The summed E-state index contributed by atoms with van der Waals surface area (Å²) in [5.41, 5.74) is 0.0702. The number of amides is 1. The summed E-state index contributed by atoms with van der Waals surface area (Å²) < 4.78 is 47.5. The molecular weight excluding hydrogens is 437 g/mol. The summed E-state index contributed by atoms with van der Waals surface area (Å²) in [6, 6.07) is 8.39. The second-order valence-corrected chi connectivity index (χ2v) is 10.2. The van der Waals surface area contributed by atoms with Crippen LogP contribution in [-0.4, -0.2) is 46.7 Å². The minimum absolute atomic E-state index is 0.0587. The number of carbonyl (C=O) groups is 1. The van der Waals surface area contributed by atoms with Gasteiger partial charge >= 0.3 is 0 Å². The second-order valence-electron chi connectivity index (χ2n) is 8.27. The standard InChI is InChI=1S/C21H22FN5O4S/c1-15-12-17(24-31-15)14-26-19-6-9-23-27(19)21(13-20(26)28)7-10-25(11-8-21)32(29,30)18-4-2-16(22)3-5-18/h2-6,9,12H,7-8,10-11,13-14H2,1H3. The maximum Gasteiger partial charge on any atom is 0.243 e. The average Bonchev–Trinajstić information content (AvgIpc) is 3.41. The first kappa shape index (κ1) is 20.8. The SMILES string of the molecule is Cc1cc(CN2C(=O)CC3(CCN(S(=O)(=O)c4ccc(F)cc4)CC3)n3nccc32)no1. The van der Waals surface area contributed by atoms with Gasteiger partial charge in [0, 0.05) is 25.2 Å². The zero-order valence-electron chi connectivity index (χ0n) is 17.4. The van der Waals surface area contributed by atoms with Crippen molar-refractivity contribution in [3.63, 3.8) is 0 Å². The number of piperidine rings is 1. The Morgan fingerprint density at radius 1 is 1.16 bits per heavy atom. The van der Waals surface area contributed by atoms with Gasteiger partial charge in [-0.1, -0.05) is 5.16 Å². The van der Waals surface area contributed by atoms with Crippen molar-refractivity contribution in [3.8, 4) is 0 Å². The Bertz CT molecular complexity index is 1260. The Kier molecular flexibility index (Phi) is 4.90. The molecule has 1 spiro atoms. The number of sulfonamides is 1. The van der Waals surface area contributed by atoms with Gasteiger partial charge in [0.05, 0.1) is 29.6 Å². The molecule has 0 saturated carbocycles. The minimum atomic E-state index is -3.74. The quantitative estimate of drug-likeness (QED) is 0.594. The summed E-state index contributed by atoms with van der Waals surface area (Å²) in [6.45, 7) is 2.56. The smallest absolute Gasteiger partial charge is 0.243 e. The molecule has 168 valence electrons. The zero-order chi connectivity index (χ0) is 22.5. The average molecular weight is 460 g/mol. The van der Waals surface area contributed by atoms with Gasteiger partial charge in [-0.25, -0.2) is 17.5 Å². The highest BCUT2D eigenvalue weighted by molar-refractivity contribution is 7.89. The lowest BCUT2D eigenvalue weighted by molar-refractivity contribution is -0.122. The molecule has 0 unspecified atom stereocenters. The van der Waals surface area contributed by atoms with Crippen LogP contribution in [0.25, 0.3) is 0 Å². The first-order valence-electron chi connectivity index (χ1n) is 10.3. The van der Waals surface area contributed by atoms with E-state index in [1.807, 2.05) is 4.68 Å². The van der Waals surface area contributed by atoms with Crippen LogP contribution in [0.2, 0.25) is 0 Å². The van der Waals surface area contributed by atoms with Gasteiger partial charge in [0.1, 0.15) is 23.1 Å². The Morgan fingerprint density at radius 2 is 1.88 bits per heavy atom. The Hall–Kier alpha value is -3.05. The molecule has 32 heavy (non-hydrogen) atoms. The van der Waals surface area contributed by atoms with Crippen LogP contribution in [0.5, 0.6) is 0 Å². The van der Waals surface area contributed by atoms with Crippen molar-refractivity contribution in [2.75, 3.05) is 18.0 Å². The van der Waals surface area contributed by atoms with Crippen molar-refractivity contribution in [3.05, 3.63) is 59.9 Å². The fourth-order valence-electron chi connectivity index (χ4n) is 4.56. The highest BCUT2D eigenvalue weighted by atomic mass is 32.2. The normalized spacial score (nSPS) is 18.8. The predicted octanol–water partition coefficient (Wildman–Crippen LogP) is 2.44. The van der Waals surface area contributed by atoms with Crippen molar-refractivity contribution in [2.45, 2.75) is 43.2 Å². The topological polar surface area (TPSA) is 102 Å². The van der Waals surface area contributed by atoms with Crippen molar-refractivity contribution in [1.29, 1.82) is 0 Å². The molecule has 9 nitrogen and oxygen atoms in total. The number of nitrogens with zero attached hydrogens (tertiary/aromatic N) is 5. The molecule has 3 aromatic rings. The lowest BCUT2D eigenvalue weighted by Crippen LogP contribution is -2.54. The summed E-state index contributed by atoms with van der Waals surface area (Å²) >= 11 is 0. The summed E-state index contributed by atoms with van der Waals surface area (Å²) in [7, 11) is -3.74. The number of halogens is 1. The van der Waals surface area contributed by atoms with Gasteiger partial charge in [0.25, 0.3) is 0 Å². The molecule has 5 rings (SSSR count). The zero-order valence-corrected chi connectivity index (χ0v) is 18.3. The lowest BCUT2D eigenvalue weighted by Gasteiger charge is -2.46. The van der Waals surface area contributed by atoms with Gasteiger partial charge in [-0.15, -0.1) is 0 Å². The fourth-order valence-corrected chi connectivity index (χ4v) is 6.00. The third-order valence-corrected chi connectivity index (χ3v) is 8.14. The maximum atomic E-state index is 13.2. The van der Waals surface area contributed by atoms with E-state index in [9.17, 15) is 17.6 Å². The van der Waals surface area contributed by atoms with Crippen molar-refractivity contribution in [2.24, 2.45) is 0 Å². The number of fused-ring (bicyclic) bond motifs is 2. The van der Waals surface area contributed by atoms with Gasteiger partial charge in [-0.05, 0) is 44.0 Å². The number of aromatic nitrogens is 3. The van der Waals surface area contributed by atoms with Crippen LogP contribution in [0.4, 0.5) is 10.2 Å². The predicted molar refractivity (Wildman–Crippen MR) is 112 cm³/mol. The molecule has 2 aromatic heterocycles. The van der Waals surface area contributed by atoms with Gasteiger partial charge in [0.15, 0.2) is 0 Å². The van der Waals surface area contributed by atoms with Crippen LogP contribution in [-0.2, 0) is 26.9 Å². The van der Waals surface area contributed by atoms with Crippen LogP contribution < -0.4 is 4.90 Å². The lowest BCUT2D eigenvalue weighted by atomic mass is 9.83. The first-order chi connectivity index (χ1) is 15.3. The first-order valence-corrected chi connectivity index (χ1v) is 11.8. The van der Waals surface area contributed by atoms with Crippen LogP contribution in [0.3, 0.4) is 0 Å². The molecule has 11 heteroatoms. The Balaban J connectivity index is 1.38. The highest BCUT2D eigenvalue weighted by Gasteiger charge is 2.47. The van der Waals surface area contributed by atoms with Gasteiger partial charge in [-0.2, -0.15) is 9.40 Å². The maximum absolute atomic E-state index is 13.2. The molecule has 1 amide bonds. The Morgan fingerprint density at radius 3 is 2.53 bits per heavy atom. The van der Waals surface area contributed by atoms with E-state index in [-0.39, 0.29) is 36.9 Å². The van der Waals surface area contributed by atoms with Crippen LogP contribution in [0.15, 0.2) is 52.0 Å². The number of carbonyl (C=O) groups excluding carboxylic acids is 1. The largest absolute Gasteiger partial charge is 0.361 e. The van der Waals surface area contributed by atoms with E-state index in [0.717, 1.165) is 12.1 Å². The molecular formula is C21H22FN5O4S. The van der Waals surface area contributed by atoms with E-state index in [1.54, 1.807) is 30.2 Å². The summed E-state index contributed by atoms with van der Waals surface area (Å²) in [5, 5.41) is 8.47. The summed E-state index contributed by atoms with van der Waals surface area (Å²) in [4.78, 5) is 14.8. The van der Waals surface area contributed by atoms with Crippen molar-refractivity contribution >= 4 is 21.7 Å². The molecule has 1 saturated heterocycles. The molecule has 0 bridgehead atoms. The number of aryl methyl sites for hydroxylation is 1. The van der Waals surface area contributed by atoms with E-state index in [2.05, 4.69) is 10.3 Å². The van der Waals surface area contributed by atoms with Crippen molar-refractivity contribution in [1.82, 2.24) is 19.2 Å². The third-order valence-electron chi connectivity index (χ3n) is 6.23. The van der Waals surface area contributed by atoms with E-state index in [0.29, 0.717) is 30.1 Å². The molecule has 0 N–H and O–H groups in total. The van der Waals surface area contributed by atoms with Crippen LogP contribution in [0.1, 0.15) is 30.7 Å². The van der Waals surface area contributed by atoms with E-state index < -0.39 is 21.4 Å². The van der Waals surface area contributed by atoms with Gasteiger partial charge in [0.2, 0.25) is 15.9 Å². The minimum Gasteiger partial charge on any atom is -0.361 e. The summed E-state index contributed by atoms with van der Waals surface area (Å²) in [6.07, 6.45) is 2.77. The number of rotatable bonds is 4. The van der Waals surface area contributed by atoms with Crippen molar-refractivity contribution < 1.29 is 22.1 Å². The summed E-state index contributed by atoms with van der Waals surface area (Å²) in [5.74, 6) is 0.785. The highest BCUT2D eigenvalue weighted by Crippen LogP contribution is 2.42. The fraction of sp³-hybridized carbons (Fsp3) is 0.381. The third kappa shape index (κ3) is 3.41. The molecule has 1 fully saturated rings. The second kappa shape index (κ2) is 7.52. The molecule has 2 aliphatic heterocycles. The van der Waals surface area contributed by atoms with Gasteiger partial charge < -0.3 is 4.52 Å². The number of anilines is 1. The van der Waals surface area contributed by atoms with E-state index >= 15 is 0 Å².